The molecule has 0 aliphatic carbocycles. The van der Waals surface area contributed by atoms with Crippen LogP contribution in [0.15, 0.2) is 56.5 Å². The molecule has 1 aromatic carbocycles. The van der Waals surface area contributed by atoms with Crippen molar-refractivity contribution in [3.05, 3.63) is 48.6 Å². The molecule has 3 rings (SSSR count). The second-order valence-corrected chi connectivity index (χ2v) is 7.98. The molecule has 0 spiro atoms. The van der Waals surface area contributed by atoms with Crippen LogP contribution in [0.2, 0.25) is 0 Å². The van der Waals surface area contributed by atoms with Crippen molar-refractivity contribution in [2.24, 2.45) is 0 Å². The number of hydrogen-bond donors (Lipinski definition) is 1. The zero-order valence-electron chi connectivity index (χ0n) is 14.7. The Labute approximate surface area is 151 Å². The summed E-state index contributed by atoms with van der Waals surface area (Å²) >= 11 is 0. The molecule has 0 aliphatic rings. The molecule has 2 aromatic heterocycles. The van der Waals surface area contributed by atoms with Crippen molar-refractivity contribution in [3.8, 4) is 11.6 Å². The number of rotatable bonds is 7. The third-order valence-corrected chi connectivity index (χ3v) is 5.96. The van der Waals surface area contributed by atoms with Gasteiger partial charge in [-0.3, -0.25) is 0 Å². The fraction of sp³-hybridized carbons (Fsp3) is 0.294. The highest BCUT2D eigenvalue weighted by atomic mass is 32.2. The number of anilines is 1. The van der Waals surface area contributed by atoms with Crippen LogP contribution in [-0.4, -0.2) is 36.0 Å². The van der Waals surface area contributed by atoms with Gasteiger partial charge >= 0.3 is 0 Å². The van der Waals surface area contributed by atoms with Gasteiger partial charge in [0.05, 0.1) is 17.7 Å². The molecular weight excluding hydrogens is 356 g/mol. The van der Waals surface area contributed by atoms with Crippen LogP contribution in [0.1, 0.15) is 19.7 Å². The molecule has 0 saturated heterocycles. The summed E-state index contributed by atoms with van der Waals surface area (Å²) in [5.41, 5.74) is 0.744. The van der Waals surface area contributed by atoms with Crippen molar-refractivity contribution < 1.29 is 17.4 Å². The van der Waals surface area contributed by atoms with E-state index >= 15 is 0 Å². The van der Waals surface area contributed by atoms with Crippen LogP contribution in [0.5, 0.6) is 0 Å². The van der Waals surface area contributed by atoms with Gasteiger partial charge < -0.3 is 14.3 Å². The standard InChI is InChI=1S/C17H20N4O4S/c1-12(2)21(3)26(22,23)14-8-6-13(7-9-14)18-11-16-19-17(20-25-16)15-5-4-10-24-15/h4-10,12,18H,11H2,1-3H3. The second kappa shape index (κ2) is 7.30. The summed E-state index contributed by atoms with van der Waals surface area (Å²) in [7, 11) is -1.92. The molecule has 9 heteroatoms. The van der Waals surface area contributed by atoms with Crippen molar-refractivity contribution in [3.63, 3.8) is 0 Å². The maximum atomic E-state index is 12.4. The summed E-state index contributed by atoms with van der Waals surface area (Å²) < 4.78 is 36.6. The van der Waals surface area contributed by atoms with Crippen LogP contribution >= 0.6 is 0 Å². The topological polar surface area (TPSA) is 101 Å². The van der Waals surface area contributed by atoms with Gasteiger partial charge in [0.2, 0.25) is 21.7 Å². The number of aromatic nitrogens is 2. The Morgan fingerprint density at radius 1 is 1.19 bits per heavy atom. The number of nitrogens with zero attached hydrogens (tertiary/aromatic N) is 3. The Kier molecular flexibility index (Phi) is 5.10. The first-order valence-corrected chi connectivity index (χ1v) is 9.50. The molecule has 0 amide bonds. The minimum absolute atomic E-state index is 0.112. The van der Waals surface area contributed by atoms with Crippen molar-refractivity contribution in [1.29, 1.82) is 0 Å². The van der Waals surface area contributed by atoms with Crippen molar-refractivity contribution in [2.45, 2.75) is 31.3 Å². The molecule has 1 N–H and O–H groups in total. The average molecular weight is 376 g/mol. The number of nitrogens with one attached hydrogen (secondary N) is 1. The third-order valence-electron chi connectivity index (χ3n) is 3.91. The van der Waals surface area contributed by atoms with E-state index in [2.05, 4.69) is 15.5 Å². The first-order valence-electron chi connectivity index (χ1n) is 8.06. The summed E-state index contributed by atoms with van der Waals surface area (Å²) in [4.78, 5) is 4.48. The first kappa shape index (κ1) is 18.2. The molecule has 26 heavy (non-hydrogen) atoms. The number of furan rings is 1. The van der Waals surface area contributed by atoms with E-state index in [4.69, 9.17) is 8.94 Å². The van der Waals surface area contributed by atoms with Gasteiger partial charge in [-0.2, -0.15) is 9.29 Å². The van der Waals surface area contributed by atoms with E-state index in [1.807, 2.05) is 13.8 Å². The van der Waals surface area contributed by atoms with E-state index in [1.165, 1.54) is 10.6 Å². The quantitative estimate of drug-likeness (QED) is 0.676. The molecule has 0 saturated carbocycles. The maximum Gasteiger partial charge on any atom is 0.246 e. The van der Waals surface area contributed by atoms with E-state index in [0.29, 0.717) is 24.0 Å². The summed E-state index contributed by atoms with van der Waals surface area (Å²) in [5, 5.41) is 6.96. The van der Waals surface area contributed by atoms with Gasteiger partial charge in [-0.05, 0) is 50.2 Å². The van der Waals surface area contributed by atoms with Gasteiger partial charge in [-0.25, -0.2) is 8.42 Å². The Morgan fingerprint density at radius 2 is 1.92 bits per heavy atom. The molecular formula is C17H20N4O4S. The summed E-state index contributed by atoms with van der Waals surface area (Å²) in [6.45, 7) is 3.97. The van der Waals surface area contributed by atoms with E-state index < -0.39 is 10.0 Å². The lowest BCUT2D eigenvalue weighted by Crippen LogP contribution is -2.33. The minimum Gasteiger partial charge on any atom is -0.461 e. The zero-order valence-corrected chi connectivity index (χ0v) is 15.5. The normalized spacial score (nSPS) is 12.0. The van der Waals surface area contributed by atoms with E-state index in [9.17, 15) is 8.42 Å². The molecule has 3 aromatic rings. The van der Waals surface area contributed by atoms with Gasteiger partial charge in [-0.1, -0.05) is 5.16 Å². The molecule has 0 unspecified atom stereocenters. The molecule has 2 heterocycles. The van der Waals surface area contributed by atoms with Crippen LogP contribution in [0.4, 0.5) is 5.69 Å². The maximum absolute atomic E-state index is 12.4. The zero-order chi connectivity index (χ0) is 18.7. The van der Waals surface area contributed by atoms with Crippen LogP contribution in [0, 0.1) is 0 Å². The van der Waals surface area contributed by atoms with Crippen LogP contribution in [-0.2, 0) is 16.6 Å². The summed E-state index contributed by atoms with van der Waals surface area (Å²) in [6.07, 6.45) is 1.54. The Balaban J connectivity index is 1.65. The lowest BCUT2D eigenvalue weighted by molar-refractivity contribution is 0.382. The highest BCUT2D eigenvalue weighted by Crippen LogP contribution is 2.20. The molecule has 0 aliphatic heterocycles. The molecule has 0 fully saturated rings. The fourth-order valence-corrected chi connectivity index (χ4v) is 3.57. The van der Waals surface area contributed by atoms with Gasteiger partial charge in [-0.15, -0.1) is 0 Å². The van der Waals surface area contributed by atoms with Crippen LogP contribution in [0.3, 0.4) is 0 Å². The van der Waals surface area contributed by atoms with E-state index in [0.717, 1.165) is 5.69 Å². The number of benzene rings is 1. The molecule has 8 nitrogen and oxygen atoms in total. The largest absolute Gasteiger partial charge is 0.461 e. The second-order valence-electron chi connectivity index (χ2n) is 5.98. The van der Waals surface area contributed by atoms with Crippen LogP contribution < -0.4 is 5.32 Å². The lowest BCUT2D eigenvalue weighted by Gasteiger charge is -2.21. The SMILES string of the molecule is CC(C)N(C)S(=O)(=O)c1ccc(NCc2nc(-c3ccco3)no2)cc1. The van der Waals surface area contributed by atoms with Crippen molar-refractivity contribution in [1.82, 2.24) is 14.4 Å². The minimum atomic E-state index is -3.49. The van der Waals surface area contributed by atoms with Gasteiger partial charge in [0.25, 0.3) is 0 Å². The Hall–Kier alpha value is -2.65. The third kappa shape index (κ3) is 3.78. The Bertz CT molecular complexity index is 947. The highest BCUT2D eigenvalue weighted by Gasteiger charge is 2.22. The summed E-state index contributed by atoms with van der Waals surface area (Å²) in [6, 6.07) is 9.91. The van der Waals surface area contributed by atoms with E-state index in [-0.39, 0.29) is 10.9 Å². The van der Waals surface area contributed by atoms with Crippen molar-refractivity contribution in [2.75, 3.05) is 12.4 Å². The van der Waals surface area contributed by atoms with Crippen molar-refractivity contribution >= 4 is 15.7 Å². The number of sulfonamides is 1. The van der Waals surface area contributed by atoms with Gasteiger partial charge in [0.15, 0.2) is 5.76 Å². The molecule has 138 valence electrons. The summed E-state index contributed by atoms with van der Waals surface area (Å²) in [5.74, 6) is 1.31. The predicted octanol–water partition coefficient (Wildman–Crippen LogP) is 2.97. The average Bonchev–Trinajstić information content (AvgIpc) is 3.30. The van der Waals surface area contributed by atoms with Gasteiger partial charge in [0, 0.05) is 18.8 Å². The van der Waals surface area contributed by atoms with Crippen LogP contribution in [0.25, 0.3) is 11.6 Å². The first-order chi connectivity index (χ1) is 12.4. The monoisotopic (exact) mass is 376 g/mol. The number of hydrogen-bond acceptors (Lipinski definition) is 7. The molecule has 0 radical (unpaired) electrons. The van der Waals surface area contributed by atoms with Gasteiger partial charge in [0.1, 0.15) is 0 Å². The highest BCUT2D eigenvalue weighted by molar-refractivity contribution is 7.89. The smallest absolute Gasteiger partial charge is 0.246 e. The predicted molar refractivity (Wildman–Crippen MR) is 95.9 cm³/mol. The molecule has 0 atom stereocenters. The fourth-order valence-electron chi connectivity index (χ4n) is 2.20. The van der Waals surface area contributed by atoms with E-state index in [1.54, 1.807) is 43.4 Å². The lowest BCUT2D eigenvalue weighted by atomic mass is 10.3. The Morgan fingerprint density at radius 3 is 2.54 bits per heavy atom. The molecule has 0 bridgehead atoms.